The molecule has 0 unspecified atom stereocenters. The first kappa shape index (κ1) is 20.1. The number of aliphatic hydroxyl groups excluding tert-OH is 1. The molecule has 6 heteroatoms. The minimum absolute atomic E-state index is 0.0703. The van der Waals surface area contributed by atoms with Gasteiger partial charge in [-0.05, 0) is 56.4 Å². The number of thiophene rings is 1. The van der Waals surface area contributed by atoms with Crippen LogP contribution in [0.25, 0.3) is 11.1 Å². The lowest BCUT2D eigenvalue weighted by Crippen LogP contribution is -2.40. The van der Waals surface area contributed by atoms with E-state index in [4.69, 9.17) is 0 Å². The highest BCUT2D eigenvalue weighted by Crippen LogP contribution is 2.37. The first-order valence-electron chi connectivity index (χ1n) is 8.38. The van der Waals surface area contributed by atoms with Crippen molar-refractivity contribution in [1.82, 2.24) is 4.72 Å². The van der Waals surface area contributed by atoms with Gasteiger partial charge in [-0.3, -0.25) is 0 Å². The minimum Gasteiger partial charge on any atom is -0.392 e. The monoisotopic (exact) mass is 381 g/mol. The molecule has 2 rings (SSSR count). The van der Waals surface area contributed by atoms with Crippen molar-refractivity contribution >= 4 is 21.4 Å². The Labute approximate surface area is 155 Å². The van der Waals surface area contributed by atoms with E-state index in [0.29, 0.717) is 15.7 Å². The Morgan fingerprint density at radius 3 is 2.44 bits per heavy atom. The Morgan fingerprint density at radius 1 is 1.20 bits per heavy atom. The van der Waals surface area contributed by atoms with E-state index in [1.807, 2.05) is 51.1 Å². The molecule has 138 valence electrons. The molecule has 0 atom stereocenters. The second kappa shape index (κ2) is 7.58. The van der Waals surface area contributed by atoms with Crippen molar-refractivity contribution in [2.24, 2.45) is 5.92 Å². The molecular weight excluding hydrogens is 354 g/mol. The van der Waals surface area contributed by atoms with Crippen LogP contribution in [0.15, 0.2) is 34.5 Å². The van der Waals surface area contributed by atoms with Crippen LogP contribution in [0.2, 0.25) is 0 Å². The summed E-state index contributed by atoms with van der Waals surface area (Å²) in [5, 5.41) is 9.39. The molecule has 0 radical (unpaired) electrons. The number of benzene rings is 1. The van der Waals surface area contributed by atoms with Gasteiger partial charge in [-0.15, -0.1) is 11.3 Å². The van der Waals surface area contributed by atoms with Crippen molar-refractivity contribution in [2.45, 2.75) is 57.4 Å². The Hall–Kier alpha value is -1.21. The van der Waals surface area contributed by atoms with Gasteiger partial charge in [-0.1, -0.05) is 32.0 Å². The van der Waals surface area contributed by atoms with Crippen LogP contribution in [0.3, 0.4) is 0 Å². The van der Waals surface area contributed by atoms with Crippen molar-refractivity contribution in [3.8, 4) is 11.1 Å². The van der Waals surface area contributed by atoms with Gasteiger partial charge in [-0.25, -0.2) is 13.1 Å². The van der Waals surface area contributed by atoms with E-state index in [0.717, 1.165) is 22.4 Å². The third-order valence-corrected chi connectivity index (χ3v) is 6.91. The smallest absolute Gasteiger partial charge is 0.251 e. The van der Waals surface area contributed by atoms with Gasteiger partial charge in [0.1, 0.15) is 4.21 Å². The molecule has 0 saturated heterocycles. The molecule has 0 fully saturated rings. The molecule has 2 aromatic rings. The molecule has 0 aliphatic rings. The average Bonchev–Trinajstić information content (AvgIpc) is 2.89. The molecule has 1 heterocycles. The lowest BCUT2D eigenvalue weighted by Gasteiger charge is -2.20. The molecule has 0 spiro atoms. The van der Waals surface area contributed by atoms with E-state index in [1.54, 1.807) is 0 Å². The lowest BCUT2D eigenvalue weighted by molar-refractivity contribution is 0.282. The van der Waals surface area contributed by atoms with Crippen LogP contribution >= 0.6 is 11.3 Å². The summed E-state index contributed by atoms with van der Waals surface area (Å²) in [6.07, 6.45) is 0.836. The summed E-state index contributed by atoms with van der Waals surface area (Å²) in [6, 6.07) is 9.37. The predicted molar refractivity (Wildman–Crippen MR) is 104 cm³/mol. The maximum atomic E-state index is 12.9. The molecule has 0 bridgehead atoms. The van der Waals surface area contributed by atoms with Gasteiger partial charge in [0.05, 0.1) is 6.61 Å². The van der Waals surface area contributed by atoms with Crippen molar-refractivity contribution in [3.05, 3.63) is 40.8 Å². The molecule has 1 aromatic carbocycles. The molecule has 0 saturated carbocycles. The number of hydrogen-bond donors (Lipinski definition) is 2. The Morgan fingerprint density at radius 2 is 1.88 bits per heavy atom. The first-order valence-corrected chi connectivity index (χ1v) is 10.7. The van der Waals surface area contributed by atoms with Crippen molar-refractivity contribution in [2.75, 3.05) is 0 Å². The SMILES string of the molecule is CC(C)Cc1cc(-c2cccc(CO)c2)c(S(=O)(=O)NC(C)(C)C)s1. The van der Waals surface area contributed by atoms with Crippen LogP contribution in [0.5, 0.6) is 0 Å². The molecule has 25 heavy (non-hydrogen) atoms. The van der Waals surface area contributed by atoms with Gasteiger partial charge in [0.15, 0.2) is 0 Å². The summed E-state index contributed by atoms with van der Waals surface area (Å²) >= 11 is 1.33. The zero-order valence-electron chi connectivity index (χ0n) is 15.5. The molecule has 0 aliphatic carbocycles. The fourth-order valence-electron chi connectivity index (χ4n) is 2.61. The third kappa shape index (κ3) is 5.38. The molecule has 4 nitrogen and oxygen atoms in total. The van der Waals surface area contributed by atoms with Crippen LogP contribution in [0.1, 0.15) is 45.1 Å². The van der Waals surface area contributed by atoms with E-state index in [-0.39, 0.29) is 6.61 Å². The first-order chi connectivity index (χ1) is 11.5. The number of hydrogen-bond acceptors (Lipinski definition) is 4. The van der Waals surface area contributed by atoms with Crippen LogP contribution in [-0.4, -0.2) is 19.1 Å². The Kier molecular flexibility index (Phi) is 6.09. The van der Waals surface area contributed by atoms with Crippen LogP contribution in [0.4, 0.5) is 0 Å². The normalized spacial score (nSPS) is 12.8. The third-order valence-electron chi connectivity index (χ3n) is 3.46. The van der Waals surface area contributed by atoms with E-state index >= 15 is 0 Å². The highest BCUT2D eigenvalue weighted by molar-refractivity contribution is 7.91. The topological polar surface area (TPSA) is 66.4 Å². The van der Waals surface area contributed by atoms with E-state index in [2.05, 4.69) is 18.6 Å². The number of nitrogens with one attached hydrogen (secondary N) is 1. The Balaban J connectivity index is 2.59. The van der Waals surface area contributed by atoms with Crippen LogP contribution in [0, 0.1) is 5.92 Å². The summed E-state index contributed by atoms with van der Waals surface area (Å²) in [6.45, 7) is 9.66. The maximum absolute atomic E-state index is 12.9. The van der Waals surface area contributed by atoms with Gasteiger partial charge in [-0.2, -0.15) is 0 Å². The fraction of sp³-hybridized carbons (Fsp3) is 0.474. The minimum atomic E-state index is -3.63. The number of sulfonamides is 1. The fourth-order valence-corrected chi connectivity index (χ4v) is 5.98. The zero-order chi connectivity index (χ0) is 18.8. The van der Waals surface area contributed by atoms with Gasteiger partial charge in [0.2, 0.25) is 0 Å². The summed E-state index contributed by atoms with van der Waals surface area (Å²) in [5.41, 5.74) is 1.73. The maximum Gasteiger partial charge on any atom is 0.251 e. The van der Waals surface area contributed by atoms with Crippen molar-refractivity contribution in [3.63, 3.8) is 0 Å². The van der Waals surface area contributed by atoms with E-state index < -0.39 is 15.6 Å². The predicted octanol–water partition coefficient (Wildman–Crippen LogP) is 4.18. The van der Waals surface area contributed by atoms with Gasteiger partial charge in [0, 0.05) is 16.0 Å². The van der Waals surface area contributed by atoms with E-state index in [9.17, 15) is 13.5 Å². The zero-order valence-corrected chi connectivity index (χ0v) is 17.1. The Bertz CT molecular complexity index is 831. The standard InChI is InChI=1S/C19H27NO3S2/c1-13(2)9-16-11-17(15-8-6-7-14(10-15)12-21)18(24-16)25(22,23)20-19(3,4)5/h6-8,10-11,13,20-21H,9,12H2,1-5H3. The summed E-state index contributed by atoms with van der Waals surface area (Å²) < 4.78 is 29.0. The highest BCUT2D eigenvalue weighted by Gasteiger charge is 2.27. The highest BCUT2D eigenvalue weighted by atomic mass is 32.2. The van der Waals surface area contributed by atoms with Crippen LogP contribution < -0.4 is 4.72 Å². The number of rotatable bonds is 6. The molecule has 2 N–H and O–H groups in total. The van der Waals surface area contributed by atoms with Crippen LogP contribution in [-0.2, 0) is 23.1 Å². The van der Waals surface area contributed by atoms with Crippen molar-refractivity contribution < 1.29 is 13.5 Å². The van der Waals surface area contributed by atoms with Gasteiger partial charge in [0.25, 0.3) is 10.0 Å². The second-order valence-electron chi connectivity index (χ2n) is 7.73. The molecule has 0 amide bonds. The second-order valence-corrected chi connectivity index (χ2v) is 10.7. The quantitative estimate of drug-likeness (QED) is 0.789. The van der Waals surface area contributed by atoms with Gasteiger partial charge < -0.3 is 5.11 Å². The largest absolute Gasteiger partial charge is 0.392 e. The molecule has 1 aromatic heterocycles. The van der Waals surface area contributed by atoms with E-state index in [1.165, 1.54) is 11.3 Å². The average molecular weight is 382 g/mol. The summed E-state index contributed by atoms with van der Waals surface area (Å²) in [5.74, 6) is 0.446. The molecule has 0 aliphatic heterocycles. The van der Waals surface area contributed by atoms with Gasteiger partial charge >= 0.3 is 0 Å². The lowest BCUT2D eigenvalue weighted by atomic mass is 10.0. The molecular formula is C19H27NO3S2. The van der Waals surface area contributed by atoms with Crippen molar-refractivity contribution in [1.29, 1.82) is 0 Å². The number of aliphatic hydroxyl groups is 1. The summed E-state index contributed by atoms with van der Waals surface area (Å²) in [4.78, 5) is 1.05. The summed E-state index contributed by atoms with van der Waals surface area (Å²) in [7, 11) is -3.63.